The third kappa shape index (κ3) is 5.82. The molecule has 0 bridgehead atoms. The molecule has 6 nitrogen and oxygen atoms in total. The summed E-state index contributed by atoms with van der Waals surface area (Å²) in [5, 5.41) is 11.2. The standard InChI is InChI=1S/C26H31ClN4O2/c1-15(2)14-28-26(33)20-8-10-24(17(4)11-20)29-25(32)13-22-18(5)30-31(19(22)6)21-9-7-16(3)23(27)12-21/h7-12,15H,13-14H2,1-6H3,(H,28,33)(H,29,32). The van der Waals surface area contributed by atoms with E-state index in [1.165, 1.54) is 0 Å². The molecular weight excluding hydrogens is 436 g/mol. The molecule has 1 heterocycles. The minimum absolute atomic E-state index is 0.112. The van der Waals surface area contributed by atoms with Crippen LogP contribution in [0.5, 0.6) is 0 Å². The first kappa shape index (κ1) is 24.5. The Bertz CT molecular complexity index is 1200. The Hall–Kier alpha value is -3.12. The molecule has 2 aromatic carbocycles. The van der Waals surface area contributed by atoms with Crippen LogP contribution in [-0.2, 0) is 11.2 Å². The molecule has 0 atom stereocenters. The fraction of sp³-hybridized carbons (Fsp3) is 0.346. The van der Waals surface area contributed by atoms with Gasteiger partial charge in [-0.05, 0) is 75.1 Å². The van der Waals surface area contributed by atoms with Crippen LogP contribution in [0.1, 0.15) is 52.3 Å². The smallest absolute Gasteiger partial charge is 0.251 e. The minimum Gasteiger partial charge on any atom is -0.352 e. The number of nitrogens with one attached hydrogen (secondary N) is 2. The van der Waals surface area contributed by atoms with Crippen LogP contribution in [0.2, 0.25) is 5.02 Å². The molecule has 0 saturated carbocycles. The summed E-state index contributed by atoms with van der Waals surface area (Å²) in [4.78, 5) is 25.1. The second kappa shape index (κ2) is 10.2. The third-order valence-electron chi connectivity index (χ3n) is 5.61. The molecule has 0 aliphatic rings. The van der Waals surface area contributed by atoms with Gasteiger partial charge in [-0.2, -0.15) is 5.10 Å². The van der Waals surface area contributed by atoms with E-state index in [2.05, 4.69) is 15.7 Å². The Morgan fingerprint density at radius 3 is 2.39 bits per heavy atom. The molecule has 0 spiro atoms. The summed E-state index contributed by atoms with van der Waals surface area (Å²) >= 11 is 6.28. The maximum atomic E-state index is 12.8. The number of hydrogen-bond donors (Lipinski definition) is 2. The van der Waals surface area contributed by atoms with E-state index in [0.29, 0.717) is 28.7 Å². The molecule has 0 saturated heterocycles. The zero-order valence-electron chi connectivity index (χ0n) is 20.0. The quantitative estimate of drug-likeness (QED) is 0.494. The van der Waals surface area contributed by atoms with E-state index in [1.54, 1.807) is 18.2 Å². The Morgan fingerprint density at radius 1 is 1.03 bits per heavy atom. The van der Waals surface area contributed by atoms with Crippen molar-refractivity contribution in [2.45, 2.75) is 48.0 Å². The number of carbonyl (C=O) groups excluding carboxylic acids is 2. The molecule has 0 radical (unpaired) electrons. The average Bonchev–Trinajstić information content (AvgIpc) is 3.03. The summed E-state index contributed by atoms with van der Waals surface area (Å²) < 4.78 is 1.82. The number of anilines is 1. The van der Waals surface area contributed by atoms with Crippen molar-refractivity contribution in [3.05, 3.63) is 75.1 Å². The predicted octanol–water partition coefficient (Wildman–Crippen LogP) is 5.33. The molecule has 2 amide bonds. The summed E-state index contributed by atoms with van der Waals surface area (Å²) in [5.74, 6) is 0.134. The second-order valence-electron chi connectivity index (χ2n) is 8.85. The predicted molar refractivity (Wildman–Crippen MR) is 133 cm³/mol. The minimum atomic E-state index is -0.136. The van der Waals surface area contributed by atoms with Crippen LogP contribution in [0.4, 0.5) is 5.69 Å². The number of aromatic nitrogens is 2. The second-order valence-corrected chi connectivity index (χ2v) is 9.26. The first-order chi connectivity index (χ1) is 15.6. The van der Waals surface area contributed by atoms with Crippen molar-refractivity contribution in [2.75, 3.05) is 11.9 Å². The van der Waals surface area contributed by atoms with Gasteiger partial charge in [0.1, 0.15) is 0 Å². The SMILES string of the molecule is Cc1ccc(-n2nc(C)c(CC(=O)Nc3ccc(C(=O)NCC(C)C)cc3C)c2C)cc1Cl. The van der Waals surface area contributed by atoms with Gasteiger partial charge in [-0.25, -0.2) is 4.68 Å². The van der Waals surface area contributed by atoms with Gasteiger partial charge in [0.05, 0.1) is 17.8 Å². The van der Waals surface area contributed by atoms with E-state index < -0.39 is 0 Å². The van der Waals surface area contributed by atoms with E-state index in [9.17, 15) is 9.59 Å². The lowest BCUT2D eigenvalue weighted by molar-refractivity contribution is -0.115. The Kier molecular flexibility index (Phi) is 7.59. The molecule has 0 aliphatic heterocycles. The topological polar surface area (TPSA) is 76.0 Å². The highest BCUT2D eigenvalue weighted by Gasteiger charge is 2.17. The highest BCUT2D eigenvalue weighted by Crippen LogP contribution is 2.24. The molecule has 0 fully saturated rings. The van der Waals surface area contributed by atoms with E-state index in [1.807, 2.05) is 64.4 Å². The number of nitrogens with zero attached hydrogens (tertiary/aromatic N) is 2. The van der Waals surface area contributed by atoms with Gasteiger partial charge in [-0.3, -0.25) is 9.59 Å². The van der Waals surface area contributed by atoms with Gasteiger partial charge in [-0.15, -0.1) is 0 Å². The van der Waals surface area contributed by atoms with Crippen molar-refractivity contribution in [3.63, 3.8) is 0 Å². The molecule has 3 aromatic rings. The van der Waals surface area contributed by atoms with Gasteiger partial charge in [0.2, 0.25) is 5.91 Å². The molecule has 7 heteroatoms. The van der Waals surface area contributed by atoms with Gasteiger partial charge in [0.15, 0.2) is 0 Å². The fourth-order valence-electron chi connectivity index (χ4n) is 3.59. The number of halogens is 1. The van der Waals surface area contributed by atoms with Crippen molar-refractivity contribution in [2.24, 2.45) is 5.92 Å². The molecule has 1 aromatic heterocycles. The fourth-order valence-corrected chi connectivity index (χ4v) is 3.77. The maximum Gasteiger partial charge on any atom is 0.251 e. The molecule has 174 valence electrons. The van der Waals surface area contributed by atoms with Crippen molar-refractivity contribution in [1.29, 1.82) is 0 Å². The first-order valence-electron chi connectivity index (χ1n) is 11.1. The Labute approximate surface area is 200 Å². The lowest BCUT2D eigenvalue weighted by Crippen LogP contribution is -2.27. The van der Waals surface area contributed by atoms with E-state index >= 15 is 0 Å². The molecule has 3 rings (SSSR count). The van der Waals surface area contributed by atoms with E-state index in [0.717, 1.165) is 33.8 Å². The number of aryl methyl sites for hydroxylation is 3. The number of amides is 2. The molecule has 0 unspecified atom stereocenters. The molecular formula is C26H31ClN4O2. The van der Waals surface area contributed by atoms with Crippen molar-refractivity contribution >= 4 is 29.1 Å². The number of benzene rings is 2. The van der Waals surface area contributed by atoms with Crippen LogP contribution in [-0.4, -0.2) is 28.1 Å². The van der Waals surface area contributed by atoms with Gasteiger partial charge in [-0.1, -0.05) is 31.5 Å². The van der Waals surface area contributed by atoms with Gasteiger partial charge in [0.25, 0.3) is 5.91 Å². The van der Waals surface area contributed by atoms with E-state index in [-0.39, 0.29) is 18.2 Å². The lowest BCUT2D eigenvalue weighted by atomic mass is 10.1. The monoisotopic (exact) mass is 466 g/mol. The Balaban J connectivity index is 1.73. The van der Waals surface area contributed by atoms with Crippen LogP contribution >= 0.6 is 11.6 Å². The average molecular weight is 467 g/mol. The highest BCUT2D eigenvalue weighted by molar-refractivity contribution is 6.31. The Morgan fingerprint density at radius 2 is 1.76 bits per heavy atom. The highest BCUT2D eigenvalue weighted by atomic mass is 35.5. The number of rotatable bonds is 7. The van der Waals surface area contributed by atoms with Gasteiger partial charge >= 0.3 is 0 Å². The zero-order valence-corrected chi connectivity index (χ0v) is 20.8. The molecule has 33 heavy (non-hydrogen) atoms. The summed E-state index contributed by atoms with van der Waals surface area (Å²) in [7, 11) is 0. The van der Waals surface area contributed by atoms with Crippen molar-refractivity contribution in [3.8, 4) is 5.69 Å². The molecule has 2 N–H and O–H groups in total. The van der Waals surface area contributed by atoms with Crippen LogP contribution in [0.15, 0.2) is 36.4 Å². The maximum absolute atomic E-state index is 12.8. The van der Waals surface area contributed by atoms with Crippen molar-refractivity contribution in [1.82, 2.24) is 15.1 Å². The lowest BCUT2D eigenvalue weighted by Gasteiger charge is -2.12. The number of hydrogen-bond acceptors (Lipinski definition) is 3. The normalized spacial score (nSPS) is 11.0. The van der Waals surface area contributed by atoms with Gasteiger partial charge < -0.3 is 10.6 Å². The van der Waals surface area contributed by atoms with Crippen LogP contribution < -0.4 is 10.6 Å². The zero-order chi connectivity index (χ0) is 24.3. The van der Waals surface area contributed by atoms with Crippen LogP contribution in [0.3, 0.4) is 0 Å². The first-order valence-corrected chi connectivity index (χ1v) is 11.4. The summed E-state index contributed by atoms with van der Waals surface area (Å²) in [6.45, 7) is 12.4. The van der Waals surface area contributed by atoms with Gasteiger partial charge in [0, 0.05) is 34.1 Å². The third-order valence-corrected chi connectivity index (χ3v) is 6.02. The van der Waals surface area contributed by atoms with Crippen LogP contribution in [0.25, 0.3) is 5.69 Å². The van der Waals surface area contributed by atoms with Crippen LogP contribution in [0, 0.1) is 33.6 Å². The van der Waals surface area contributed by atoms with E-state index in [4.69, 9.17) is 11.6 Å². The molecule has 0 aliphatic carbocycles. The summed E-state index contributed by atoms with van der Waals surface area (Å²) in [5.41, 5.74) is 6.54. The number of carbonyl (C=O) groups is 2. The summed E-state index contributed by atoms with van der Waals surface area (Å²) in [6, 6.07) is 11.1. The van der Waals surface area contributed by atoms with Crippen molar-refractivity contribution < 1.29 is 9.59 Å². The largest absolute Gasteiger partial charge is 0.352 e. The summed E-state index contributed by atoms with van der Waals surface area (Å²) in [6.07, 6.45) is 0.202.